The van der Waals surface area contributed by atoms with Crippen LogP contribution in [0.25, 0.3) is 0 Å². The number of para-hydroxylation sites is 1. The van der Waals surface area contributed by atoms with Gasteiger partial charge in [-0.1, -0.05) is 36.4 Å². The van der Waals surface area contributed by atoms with Crippen molar-refractivity contribution in [3.05, 3.63) is 59.7 Å². The molecule has 0 aliphatic carbocycles. The molecule has 0 aromatic heterocycles. The number of hydrogen-bond donors (Lipinski definition) is 3. The summed E-state index contributed by atoms with van der Waals surface area (Å²) in [5.41, 5.74) is 12.7. The highest BCUT2D eigenvalue weighted by molar-refractivity contribution is 6.05. The van der Waals surface area contributed by atoms with Crippen LogP contribution in [0.1, 0.15) is 22.0 Å². The number of benzene rings is 2. The van der Waals surface area contributed by atoms with E-state index in [1.807, 2.05) is 6.07 Å². The molecular formula is C14H14N2O2. The zero-order chi connectivity index (χ0) is 13.1. The van der Waals surface area contributed by atoms with Gasteiger partial charge in [0.1, 0.15) is 6.10 Å². The standard InChI is InChI=1S/C14H14N2O2/c15-11-8-4-7-10(12(11)16)14(18)13(17)9-5-2-1-3-6-9/h1-8,13,17H,15-16H2. The Labute approximate surface area is 105 Å². The Morgan fingerprint density at radius 2 is 1.67 bits per heavy atom. The van der Waals surface area contributed by atoms with Crippen LogP contribution in [-0.4, -0.2) is 10.9 Å². The van der Waals surface area contributed by atoms with Gasteiger partial charge in [0.2, 0.25) is 0 Å². The molecule has 4 nitrogen and oxygen atoms in total. The third-order valence-electron chi connectivity index (χ3n) is 2.77. The van der Waals surface area contributed by atoms with Crippen LogP contribution in [0.4, 0.5) is 11.4 Å². The van der Waals surface area contributed by atoms with Gasteiger partial charge in [0, 0.05) is 5.56 Å². The predicted octanol–water partition coefficient (Wildman–Crippen LogP) is 1.77. The summed E-state index contributed by atoms with van der Waals surface area (Å²) < 4.78 is 0. The average molecular weight is 242 g/mol. The Kier molecular flexibility index (Phi) is 3.30. The van der Waals surface area contributed by atoms with Crippen molar-refractivity contribution in [3.8, 4) is 0 Å². The summed E-state index contributed by atoms with van der Waals surface area (Å²) in [6, 6.07) is 13.5. The average Bonchev–Trinajstić information content (AvgIpc) is 2.41. The monoisotopic (exact) mass is 242 g/mol. The van der Waals surface area contributed by atoms with Gasteiger partial charge in [-0.15, -0.1) is 0 Å². The fraction of sp³-hybridized carbons (Fsp3) is 0.0714. The minimum atomic E-state index is -1.23. The second kappa shape index (κ2) is 4.89. The molecule has 0 aliphatic heterocycles. The Hall–Kier alpha value is -2.33. The first-order valence-electron chi connectivity index (χ1n) is 5.52. The number of ketones is 1. The van der Waals surface area contributed by atoms with Gasteiger partial charge >= 0.3 is 0 Å². The van der Waals surface area contributed by atoms with Gasteiger partial charge in [-0.2, -0.15) is 0 Å². The van der Waals surface area contributed by atoms with E-state index >= 15 is 0 Å². The number of hydrogen-bond acceptors (Lipinski definition) is 4. The van der Waals surface area contributed by atoms with Crippen LogP contribution in [0.5, 0.6) is 0 Å². The van der Waals surface area contributed by atoms with Crippen LogP contribution < -0.4 is 11.5 Å². The van der Waals surface area contributed by atoms with Gasteiger partial charge in [0.25, 0.3) is 0 Å². The first kappa shape index (κ1) is 12.1. The molecule has 92 valence electrons. The van der Waals surface area contributed by atoms with Gasteiger partial charge in [-0.25, -0.2) is 0 Å². The Morgan fingerprint density at radius 3 is 2.33 bits per heavy atom. The highest BCUT2D eigenvalue weighted by atomic mass is 16.3. The quantitative estimate of drug-likeness (QED) is 0.565. The molecule has 2 aromatic carbocycles. The molecule has 18 heavy (non-hydrogen) atoms. The summed E-state index contributed by atoms with van der Waals surface area (Å²) >= 11 is 0. The van der Waals surface area contributed by atoms with Crippen molar-refractivity contribution < 1.29 is 9.90 Å². The highest BCUT2D eigenvalue weighted by Crippen LogP contribution is 2.25. The van der Waals surface area contributed by atoms with Crippen molar-refractivity contribution >= 4 is 17.2 Å². The maximum Gasteiger partial charge on any atom is 0.197 e. The van der Waals surface area contributed by atoms with Gasteiger partial charge < -0.3 is 16.6 Å². The number of aliphatic hydroxyl groups excluding tert-OH is 1. The molecule has 1 unspecified atom stereocenters. The fourth-order valence-electron chi connectivity index (χ4n) is 1.73. The zero-order valence-electron chi connectivity index (χ0n) is 9.71. The van der Waals surface area contributed by atoms with Gasteiger partial charge in [0.15, 0.2) is 5.78 Å². The second-order valence-corrected chi connectivity index (χ2v) is 3.99. The molecule has 0 saturated heterocycles. The van der Waals surface area contributed by atoms with E-state index in [0.29, 0.717) is 11.3 Å². The second-order valence-electron chi connectivity index (χ2n) is 3.99. The molecule has 0 bridgehead atoms. The van der Waals surface area contributed by atoms with E-state index < -0.39 is 11.9 Å². The van der Waals surface area contributed by atoms with Crippen LogP contribution >= 0.6 is 0 Å². The van der Waals surface area contributed by atoms with E-state index in [1.165, 1.54) is 0 Å². The summed E-state index contributed by atoms with van der Waals surface area (Å²) in [5.74, 6) is -0.453. The van der Waals surface area contributed by atoms with E-state index in [1.54, 1.807) is 42.5 Å². The summed E-state index contributed by atoms with van der Waals surface area (Å²) in [4.78, 5) is 12.1. The highest BCUT2D eigenvalue weighted by Gasteiger charge is 2.21. The molecule has 0 radical (unpaired) electrons. The van der Waals surface area contributed by atoms with Crippen LogP contribution in [0, 0.1) is 0 Å². The van der Waals surface area contributed by atoms with Crippen molar-refractivity contribution in [3.63, 3.8) is 0 Å². The molecule has 0 aliphatic rings. The van der Waals surface area contributed by atoms with E-state index in [9.17, 15) is 9.90 Å². The molecule has 0 fully saturated rings. The van der Waals surface area contributed by atoms with E-state index in [-0.39, 0.29) is 11.3 Å². The summed E-state index contributed by atoms with van der Waals surface area (Å²) in [5, 5.41) is 10.0. The van der Waals surface area contributed by atoms with Crippen molar-refractivity contribution in [2.75, 3.05) is 11.5 Å². The van der Waals surface area contributed by atoms with Crippen LogP contribution in [0.15, 0.2) is 48.5 Å². The summed E-state index contributed by atoms with van der Waals surface area (Å²) in [6.07, 6.45) is -1.23. The van der Waals surface area contributed by atoms with Crippen LogP contribution in [-0.2, 0) is 0 Å². The molecule has 2 aromatic rings. The van der Waals surface area contributed by atoms with E-state index in [2.05, 4.69) is 0 Å². The van der Waals surface area contributed by atoms with Crippen LogP contribution in [0.2, 0.25) is 0 Å². The largest absolute Gasteiger partial charge is 0.397 e. The van der Waals surface area contributed by atoms with Crippen molar-refractivity contribution in [1.82, 2.24) is 0 Å². The van der Waals surface area contributed by atoms with Gasteiger partial charge in [0.05, 0.1) is 11.4 Å². The normalized spacial score (nSPS) is 12.1. The summed E-state index contributed by atoms with van der Waals surface area (Å²) in [7, 11) is 0. The lowest BCUT2D eigenvalue weighted by Crippen LogP contribution is -2.14. The maximum atomic E-state index is 12.1. The van der Waals surface area contributed by atoms with Gasteiger partial charge in [-0.05, 0) is 17.7 Å². The number of Topliss-reactive ketones (excluding diaryl/α,β-unsaturated/α-hetero) is 1. The summed E-state index contributed by atoms with van der Waals surface area (Å²) in [6.45, 7) is 0. The first-order chi connectivity index (χ1) is 8.61. The molecule has 0 amide bonds. The number of aliphatic hydroxyl groups is 1. The molecule has 2 rings (SSSR count). The number of carbonyl (C=O) groups is 1. The molecule has 0 saturated carbocycles. The number of anilines is 2. The molecule has 5 N–H and O–H groups in total. The Bertz CT molecular complexity index is 567. The third-order valence-corrected chi connectivity index (χ3v) is 2.77. The number of rotatable bonds is 3. The maximum absolute atomic E-state index is 12.1. The number of nitrogens with two attached hydrogens (primary N) is 2. The number of carbonyl (C=O) groups excluding carboxylic acids is 1. The predicted molar refractivity (Wildman–Crippen MR) is 71.0 cm³/mol. The van der Waals surface area contributed by atoms with Crippen LogP contribution in [0.3, 0.4) is 0 Å². The molecular weight excluding hydrogens is 228 g/mol. The van der Waals surface area contributed by atoms with Crippen molar-refractivity contribution in [2.45, 2.75) is 6.10 Å². The Balaban J connectivity index is 2.35. The van der Waals surface area contributed by atoms with E-state index in [4.69, 9.17) is 11.5 Å². The Morgan fingerprint density at radius 1 is 1.00 bits per heavy atom. The topological polar surface area (TPSA) is 89.3 Å². The smallest absolute Gasteiger partial charge is 0.197 e. The lowest BCUT2D eigenvalue weighted by Gasteiger charge is -2.12. The molecule has 1 atom stereocenters. The molecule has 0 spiro atoms. The van der Waals surface area contributed by atoms with E-state index in [0.717, 1.165) is 0 Å². The molecule has 4 heteroatoms. The zero-order valence-corrected chi connectivity index (χ0v) is 9.71. The first-order valence-corrected chi connectivity index (χ1v) is 5.52. The lowest BCUT2D eigenvalue weighted by atomic mass is 9.98. The van der Waals surface area contributed by atoms with Crippen molar-refractivity contribution in [1.29, 1.82) is 0 Å². The third kappa shape index (κ3) is 2.19. The van der Waals surface area contributed by atoms with Gasteiger partial charge in [-0.3, -0.25) is 4.79 Å². The van der Waals surface area contributed by atoms with Crippen molar-refractivity contribution in [2.24, 2.45) is 0 Å². The minimum Gasteiger partial charge on any atom is -0.397 e. The SMILES string of the molecule is Nc1cccc(C(=O)C(O)c2ccccc2)c1N. The lowest BCUT2D eigenvalue weighted by molar-refractivity contribution is 0.0748. The fourth-order valence-corrected chi connectivity index (χ4v) is 1.73. The molecule has 0 heterocycles. The number of nitrogen functional groups attached to an aromatic ring is 2. The minimum absolute atomic E-state index is 0.206.